The Morgan fingerprint density at radius 2 is 2.00 bits per heavy atom. The van der Waals surface area contributed by atoms with E-state index in [9.17, 15) is 0 Å². The average molecular weight is 369 g/mol. The van der Waals surface area contributed by atoms with Crippen molar-refractivity contribution in [2.24, 2.45) is 5.92 Å². The minimum atomic E-state index is 0.560. The molecule has 94 valence electrons. The predicted molar refractivity (Wildman–Crippen MR) is 87.0 cm³/mol. The van der Waals surface area contributed by atoms with Gasteiger partial charge in [0.15, 0.2) is 0 Å². The number of thiophene rings is 1. The molecule has 1 aliphatic rings. The molecule has 1 aromatic heterocycles. The van der Waals surface area contributed by atoms with E-state index in [4.69, 9.17) is 0 Å². The molecule has 0 radical (unpaired) electrons. The van der Waals surface area contributed by atoms with E-state index >= 15 is 0 Å². The number of benzene rings is 1. The van der Waals surface area contributed by atoms with Crippen LogP contribution in [0.3, 0.4) is 0 Å². The zero-order valence-electron chi connectivity index (χ0n) is 10.3. The van der Waals surface area contributed by atoms with Gasteiger partial charge >= 0.3 is 0 Å². The minimum Gasteiger partial charge on any atom is -0.312 e. The molecule has 0 bridgehead atoms. The van der Waals surface area contributed by atoms with E-state index in [1.165, 1.54) is 31.7 Å². The van der Waals surface area contributed by atoms with Gasteiger partial charge in [-0.05, 0) is 66.6 Å². The number of hydrogen-bond donors (Lipinski definition) is 1. The summed E-state index contributed by atoms with van der Waals surface area (Å²) in [5, 5.41) is 3.47. The van der Waals surface area contributed by atoms with Crippen molar-refractivity contribution in [1.82, 2.24) is 5.32 Å². The van der Waals surface area contributed by atoms with Crippen LogP contribution in [0, 0.1) is 9.49 Å². The second-order valence-corrected chi connectivity index (χ2v) is 7.06. The van der Waals surface area contributed by atoms with Crippen LogP contribution in [0.25, 0.3) is 10.4 Å². The van der Waals surface area contributed by atoms with Crippen LogP contribution in [0.15, 0.2) is 36.4 Å². The topological polar surface area (TPSA) is 12.0 Å². The lowest BCUT2D eigenvalue weighted by molar-refractivity contribution is 0.537. The lowest BCUT2D eigenvalue weighted by Crippen LogP contribution is -2.16. The lowest BCUT2D eigenvalue weighted by atomic mass is 10.1. The number of rotatable bonds is 4. The first-order valence-corrected chi connectivity index (χ1v) is 8.21. The fourth-order valence-electron chi connectivity index (χ4n) is 2.37. The molecule has 1 heterocycles. The lowest BCUT2D eigenvalue weighted by Gasteiger charge is -2.12. The molecule has 0 spiro atoms. The zero-order valence-corrected chi connectivity index (χ0v) is 13.3. The van der Waals surface area contributed by atoms with Crippen LogP contribution in [0.1, 0.15) is 23.8 Å². The summed E-state index contributed by atoms with van der Waals surface area (Å²) in [7, 11) is 2.08. The molecule has 1 saturated carbocycles. The molecule has 0 saturated heterocycles. The van der Waals surface area contributed by atoms with Crippen molar-refractivity contribution in [2.45, 2.75) is 18.9 Å². The highest BCUT2D eigenvalue weighted by atomic mass is 127. The number of hydrogen-bond acceptors (Lipinski definition) is 2. The Labute approximate surface area is 126 Å². The van der Waals surface area contributed by atoms with Gasteiger partial charge in [-0.3, -0.25) is 0 Å². The summed E-state index contributed by atoms with van der Waals surface area (Å²) >= 11 is 4.35. The molecular weight excluding hydrogens is 353 g/mol. The van der Waals surface area contributed by atoms with Gasteiger partial charge in [-0.1, -0.05) is 18.2 Å². The van der Waals surface area contributed by atoms with Crippen LogP contribution in [0.4, 0.5) is 0 Å². The Morgan fingerprint density at radius 3 is 2.67 bits per heavy atom. The molecule has 1 unspecified atom stereocenters. The van der Waals surface area contributed by atoms with Crippen LogP contribution in [-0.4, -0.2) is 7.05 Å². The second-order valence-electron chi connectivity index (χ2n) is 4.79. The van der Waals surface area contributed by atoms with Crippen LogP contribution in [0.2, 0.25) is 0 Å². The van der Waals surface area contributed by atoms with Crippen molar-refractivity contribution in [3.8, 4) is 10.4 Å². The maximum atomic E-state index is 3.47. The Morgan fingerprint density at radius 1 is 1.22 bits per heavy atom. The first kappa shape index (κ1) is 12.6. The molecule has 3 rings (SSSR count). The molecule has 1 fully saturated rings. The van der Waals surface area contributed by atoms with E-state index in [1.54, 1.807) is 0 Å². The van der Waals surface area contributed by atoms with Gasteiger partial charge in [-0.25, -0.2) is 0 Å². The van der Waals surface area contributed by atoms with E-state index in [0.29, 0.717) is 6.04 Å². The number of nitrogens with one attached hydrogen (secondary N) is 1. The summed E-state index contributed by atoms with van der Waals surface area (Å²) in [6.07, 6.45) is 2.75. The highest BCUT2D eigenvalue weighted by Crippen LogP contribution is 2.44. The van der Waals surface area contributed by atoms with Gasteiger partial charge in [0.05, 0.1) is 0 Å². The van der Waals surface area contributed by atoms with E-state index in [2.05, 4.69) is 71.4 Å². The number of halogens is 1. The average Bonchev–Trinajstić information content (AvgIpc) is 3.09. The Balaban J connectivity index is 1.91. The molecule has 18 heavy (non-hydrogen) atoms. The van der Waals surface area contributed by atoms with Crippen molar-refractivity contribution < 1.29 is 0 Å². The predicted octanol–water partition coefficient (Wildman–Crippen LogP) is 4.69. The Bertz CT molecular complexity index is 545. The smallest absolute Gasteiger partial charge is 0.0441 e. The van der Waals surface area contributed by atoms with Crippen molar-refractivity contribution in [1.29, 1.82) is 0 Å². The van der Waals surface area contributed by atoms with E-state index in [1.807, 2.05) is 11.3 Å². The summed E-state index contributed by atoms with van der Waals surface area (Å²) in [6, 6.07) is 13.7. The molecule has 3 heteroatoms. The van der Waals surface area contributed by atoms with Crippen LogP contribution in [0.5, 0.6) is 0 Å². The largest absolute Gasteiger partial charge is 0.312 e. The highest BCUT2D eigenvalue weighted by Gasteiger charge is 2.32. The summed E-state index contributed by atoms with van der Waals surface area (Å²) in [5.74, 6) is 0.858. The molecule has 1 aromatic carbocycles. The molecule has 1 nitrogen and oxygen atoms in total. The van der Waals surface area contributed by atoms with Crippen LogP contribution < -0.4 is 5.32 Å². The van der Waals surface area contributed by atoms with Crippen LogP contribution >= 0.6 is 33.9 Å². The van der Waals surface area contributed by atoms with Gasteiger partial charge in [0, 0.05) is 24.9 Å². The van der Waals surface area contributed by atoms with E-state index in [-0.39, 0.29) is 0 Å². The van der Waals surface area contributed by atoms with Gasteiger partial charge in [0.1, 0.15) is 0 Å². The molecule has 1 aliphatic carbocycles. The van der Waals surface area contributed by atoms with Gasteiger partial charge < -0.3 is 5.32 Å². The molecule has 1 atom stereocenters. The summed E-state index contributed by atoms with van der Waals surface area (Å²) in [6.45, 7) is 0. The monoisotopic (exact) mass is 369 g/mol. The SMILES string of the molecule is CNC(c1ccc(-c2ccccc2I)s1)C1CC1. The van der Waals surface area contributed by atoms with Crippen molar-refractivity contribution >= 4 is 33.9 Å². The van der Waals surface area contributed by atoms with Crippen LogP contribution in [-0.2, 0) is 0 Å². The van der Waals surface area contributed by atoms with Crippen molar-refractivity contribution in [3.05, 3.63) is 44.8 Å². The Hall–Kier alpha value is -0.390. The third kappa shape index (κ3) is 2.49. The molecule has 0 aliphatic heterocycles. The van der Waals surface area contributed by atoms with Crippen molar-refractivity contribution in [2.75, 3.05) is 7.05 Å². The maximum Gasteiger partial charge on any atom is 0.0441 e. The quantitative estimate of drug-likeness (QED) is 0.771. The fraction of sp³-hybridized carbons (Fsp3) is 0.333. The molecule has 2 aromatic rings. The second kappa shape index (κ2) is 5.31. The maximum absolute atomic E-state index is 3.47. The first-order chi connectivity index (χ1) is 8.79. The summed E-state index contributed by atoms with van der Waals surface area (Å²) in [5.41, 5.74) is 1.36. The summed E-state index contributed by atoms with van der Waals surface area (Å²) in [4.78, 5) is 2.87. The van der Waals surface area contributed by atoms with Gasteiger partial charge in [0.25, 0.3) is 0 Å². The normalized spacial score (nSPS) is 16.8. The van der Waals surface area contributed by atoms with Gasteiger partial charge in [-0.2, -0.15) is 0 Å². The molecule has 0 amide bonds. The Kier molecular flexibility index (Phi) is 3.73. The molecular formula is C15H16INS. The third-order valence-electron chi connectivity index (χ3n) is 3.48. The standard InChI is InChI=1S/C15H16INS/c1-17-15(10-6-7-10)14-9-8-13(18-14)11-4-2-3-5-12(11)16/h2-5,8-10,15,17H,6-7H2,1H3. The van der Waals surface area contributed by atoms with E-state index < -0.39 is 0 Å². The highest BCUT2D eigenvalue weighted by molar-refractivity contribution is 14.1. The van der Waals surface area contributed by atoms with E-state index in [0.717, 1.165) is 5.92 Å². The minimum absolute atomic E-state index is 0.560. The van der Waals surface area contributed by atoms with Crippen molar-refractivity contribution in [3.63, 3.8) is 0 Å². The van der Waals surface area contributed by atoms with Gasteiger partial charge in [0.2, 0.25) is 0 Å². The summed E-state index contributed by atoms with van der Waals surface area (Å²) < 4.78 is 1.33. The first-order valence-electron chi connectivity index (χ1n) is 6.31. The zero-order chi connectivity index (χ0) is 12.5. The third-order valence-corrected chi connectivity index (χ3v) is 5.62. The van der Waals surface area contributed by atoms with Gasteiger partial charge in [-0.15, -0.1) is 11.3 Å². The molecule has 1 N–H and O–H groups in total. The fourth-order valence-corrected chi connectivity index (χ4v) is 4.48.